The molecule has 6 heterocycles. The number of morpholine rings is 1. The fourth-order valence-corrected chi connectivity index (χ4v) is 7.19. The summed E-state index contributed by atoms with van der Waals surface area (Å²) in [5, 5.41) is 4.88. The number of rotatable bonds is 5. The van der Waals surface area contributed by atoms with Crippen molar-refractivity contribution in [3.63, 3.8) is 0 Å². The van der Waals surface area contributed by atoms with E-state index in [4.69, 9.17) is 14.7 Å². The highest BCUT2D eigenvalue weighted by atomic mass is 32.1. The Balaban J connectivity index is 1.37. The zero-order chi connectivity index (χ0) is 23.2. The van der Waals surface area contributed by atoms with E-state index in [1.54, 1.807) is 0 Å². The molecule has 3 saturated heterocycles. The molecular weight excluding hydrogens is 456 g/mol. The van der Waals surface area contributed by atoms with E-state index in [1.807, 2.05) is 17.5 Å². The van der Waals surface area contributed by atoms with Crippen molar-refractivity contribution in [1.29, 1.82) is 0 Å². The van der Waals surface area contributed by atoms with Gasteiger partial charge in [-0.05, 0) is 57.1 Å². The fourth-order valence-electron chi connectivity index (χ4n) is 5.88. The van der Waals surface area contributed by atoms with Crippen LogP contribution in [0.1, 0.15) is 36.6 Å². The zero-order valence-electron chi connectivity index (χ0n) is 20.0. The molecule has 2 unspecified atom stereocenters. The van der Waals surface area contributed by atoms with E-state index >= 15 is 0 Å². The van der Waals surface area contributed by atoms with Crippen LogP contribution in [0.15, 0.2) is 36.5 Å². The van der Waals surface area contributed by atoms with E-state index in [1.165, 1.54) is 53.7 Å². The highest BCUT2D eigenvalue weighted by Gasteiger charge is 2.35. The summed E-state index contributed by atoms with van der Waals surface area (Å²) in [5.41, 5.74) is 3.28. The smallest absolute Gasteiger partial charge is 0.162 e. The number of nitrogens with zero attached hydrogens (tertiary/aromatic N) is 4. The van der Waals surface area contributed by atoms with Crippen molar-refractivity contribution >= 4 is 38.3 Å². The second kappa shape index (κ2) is 9.17. The third-order valence-electron chi connectivity index (χ3n) is 7.84. The quantitative estimate of drug-likeness (QED) is 0.429. The first-order valence-electron chi connectivity index (χ1n) is 13.0. The van der Waals surface area contributed by atoms with E-state index in [0.717, 1.165) is 61.1 Å². The van der Waals surface area contributed by atoms with E-state index < -0.39 is 0 Å². The molecule has 4 aromatic rings. The number of fused-ring (bicyclic) bond motifs is 2. The van der Waals surface area contributed by atoms with Crippen molar-refractivity contribution in [2.45, 2.75) is 37.8 Å². The molecule has 3 aliphatic heterocycles. The topological polar surface area (TPSA) is 69.3 Å². The number of thiophene rings is 1. The highest BCUT2D eigenvalue weighted by molar-refractivity contribution is 7.19. The van der Waals surface area contributed by atoms with Crippen LogP contribution in [0.4, 0.5) is 5.82 Å². The number of H-pyrrole nitrogens is 1. The maximum absolute atomic E-state index is 5.67. The first-order valence-corrected chi connectivity index (χ1v) is 13.8. The molecule has 35 heavy (non-hydrogen) atoms. The van der Waals surface area contributed by atoms with Gasteiger partial charge in [-0.25, -0.2) is 9.97 Å². The molecule has 0 amide bonds. The summed E-state index contributed by atoms with van der Waals surface area (Å²) in [5.74, 6) is 1.88. The predicted molar refractivity (Wildman–Crippen MR) is 142 cm³/mol. The van der Waals surface area contributed by atoms with Crippen LogP contribution in [-0.2, 0) is 4.74 Å². The van der Waals surface area contributed by atoms with Gasteiger partial charge >= 0.3 is 0 Å². The molecule has 0 radical (unpaired) electrons. The molecule has 182 valence electrons. The Morgan fingerprint density at radius 1 is 1.03 bits per heavy atom. The molecule has 2 N–H and O–H groups in total. The molecule has 3 aliphatic rings. The molecule has 0 spiro atoms. The van der Waals surface area contributed by atoms with Gasteiger partial charge in [-0.3, -0.25) is 4.90 Å². The maximum Gasteiger partial charge on any atom is 0.162 e. The number of ether oxygens (including phenoxy) is 1. The molecule has 2 atom stereocenters. The summed E-state index contributed by atoms with van der Waals surface area (Å²) in [6.07, 6.45) is 7.20. The zero-order valence-corrected chi connectivity index (χ0v) is 20.8. The van der Waals surface area contributed by atoms with Gasteiger partial charge in [-0.15, -0.1) is 11.3 Å². The highest BCUT2D eigenvalue weighted by Crippen LogP contribution is 2.41. The first-order chi connectivity index (χ1) is 17.3. The molecule has 1 aromatic carbocycles. The Bertz CT molecular complexity index is 1330. The lowest BCUT2D eigenvalue weighted by Crippen LogP contribution is -2.53. The first kappa shape index (κ1) is 21.7. The van der Waals surface area contributed by atoms with Crippen molar-refractivity contribution in [3.05, 3.63) is 41.4 Å². The van der Waals surface area contributed by atoms with Gasteiger partial charge in [0.15, 0.2) is 11.6 Å². The molecule has 0 bridgehead atoms. The van der Waals surface area contributed by atoms with Crippen molar-refractivity contribution in [1.82, 2.24) is 25.2 Å². The van der Waals surface area contributed by atoms with Crippen LogP contribution < -0.4 is 10.2 Å². The van der Waals surface area contributed by atoms with E-state index in [-0.39, 0.29) is 0 Å². The molecule has 0 saturated carbocycles. The van der Waals surface area contributed by atoms with Gasteiger partial charge in [0.05, 0.1) is 29.5 Å². The summed E-state index contributed by atoms with van der Waals surface area (Å²) < 4.78 is 6.89. The number of aromatic amines is 1. The predicted octanol–water partition coefficient (Wildman–Crippen LogP) is 4.57. The minimum Gasteiger partial charge on any atom is -0.378 e. The van der Waals surface area contributed by atoms with Gasteiger partial charge in [-0.1, -0.05) is 18.6 Å². The van der Waals surface area contributed by atoms with Crippen molar-refractivity contribution in [3.8, 4) is 11.4 Å². The van der Waals surface area contributed by atoms with Crippen LogP contribution in [0.2, 0.25) is 0 Å². The minimum atomic E-state index is 0.428. The maximum atomic E-state index is 5.67. The number of hydrogen-bond donors (Lipinski definition) is 2. The molecular formula is C27H32N6OS. The second-order valence-electron chi connectivity index (χ2n) is 9.97. The van der Waals surface area contributed by atoms with E-state index in [2.05, 4.69) is 50.4 Å². The van der Waals surface area contributed by atoms with Gasteiger partial charge < -0.3 is 19.9 Å². The average Bonchev–Trinajstić information content (AvgIpc) is 3.53. The Kier molecular flexibility index (Phi) is 5.69. The van der Waals surface area contributed by atoms with Crippen LogP contribution in [0.25, 0.3) is 32.5 Å². The molecule has 7 rings (SSSR count). The number of nitrogens with one attached hydrogen (secondary N) is 2. The van der Waals surface area contributed by atoms with Gasteiger partial charge in [-0.2, -0.15) is 0 Å². The molecule has 8 heteroatoms. The third kappa shape index (κ3) is 3.93. The third-order valence-corrected chi connectivity index (χ3v) is 9.03. The van der Waals surface area contributed by atoms with Crippen LogP contribution in [0.5, 0.6) is 0 Å². The van der Waals surface area contributed by atoms with Gasteiger partial charge in [0.1, 0.15) is 0 Å². The lowest BCUT2D eigenvalue weighted by Gasteiger charge is -2.43. The van der Waals surface area contributed by atoms with E-state index in [9.17, 15) is 0 Å². The lowest BCUT2D eigenvalue weighted by atomic mass is 9.94. The second-order valence-corrected chi connectivity index (χ2v) is 11.1. The normalized spacial score (nSPS) is 22.5. The average molecular weight is 489 g/mol. The Hall–Kier alpha value is -2.52. The number of hydrogen-bond acceptors (Lipinski definition) is 7. The number of aromatic nitrogens is 3. The Morgan fingerprint density at radius 2 is 1.89 bits per heavy atom. The van der Waals surface area contributed by atoms with E-state index in [0.29, 0.717) is 12.1 Å². The van der Waals surface area contributed by atoms with Crippen molar-refractivity contribution < 1.29 is 4.74 Å². The summed E-state index contributed by atoms with van der Waals surface area (Å²) in [4.78, 5) is 20.3. The summed E-state index contributed by atoms with van der Waals surface area (Å²) in [7, 11) is 0. The number of anilines is 1. The SMILES string of the molecule is c1cc(-c2nc(N3CCOCC3)c3sc(C(C4CCN4)N4CCCCC4)cc3n2)c2cc[nH]c2c1. The molecule has 0 aliphatic carbocycles. The fraction of sp³-hybridized carbons (Fsp3) is 0.481. The van der Waals surface area contributed by atoms with Crippen LogP contribution >= 0.6 is 11.3 Å². The summed E-state index contributed by atoms with van der Waals surface area (Å²) in [6.45, 7) is 6.74. The monoisotopic (exact) mass is 488 g/mol. The van der Waals surface area contributed by atoms with Crippen LogP contribution in [-0.4, -0.2) is 71.8 Å². The summed E-state index contributed by atoms with van der Waals surface area (Å²) in [6, 6.07) is 11.8. The van der Waals surface area contributed by atoms with Crippen molar-refractivity contribution in [2.24, 2.45) is 0 Å². The van der Waals surface area contributed by atoms with Gasteiger partial charge in [0.2, 0.25) is 0 Å². The molecule has 7 nitrogen and oxygen atoms in total. The van der Waals surface area contributed by atoms with Crippen LogP contribution in [0, 0.1) is 0 Å². The lowest BCUT2D eigenvalue weighted by molar-refractivity contribution is 0.107. The van der Waals surface area contributed by atoms with Crippen LogP contribution in [0.3, 0.4) is 0 Å². The number of benzene rings is 1. The standard InChI is InChI=1S/C27H32N6OS/c1-2-11-32(12-3-1)24(21-8-10-29-21)23-17-22-25(35-23)27(33-13-15-34-16-14-33)31-26(30-22)19-5-4-6-20-18(19)7-9-28-20/h4-7,9,17,21,24,28-29H,1-3,8,10-16H2. The Morgan fingerprint density at radius 3 is 2.69 bits per heavy atom. The summed E-state index contributed by atoms with van der Waals surface area (Å²) >= 11 is 1.91. The number of piperidine rings is 1. The molecule has 3 fully saturated rings. The van der Waals surface area contributed by atoms with Gasteiger partial charge in [0.25, 0.3) is 0 Å². The largest absolute Gasteiger partial charge is 0.378 e. The van der Waals surface area contributed by atoms with Gasteiger partial charge in [0, 0.05) is 46.7 Å². The Labute approximate surface area is 209 Å². The molecule has 3 aromatic heterocycles. The number of likely N-dealkylation sites (tertiary alicyclic amines) is 1. The van der Waals surface area contributed by atoms with Crippen molar-refractivity contribution in [2.75, 3.05) is 50.8 Å². The minimum absolute atomic E-state index is 0.428.